The van der Waals surface area contributed by atoms with Gasteiger partial charge in [-0.15, -0.1) is 0 Å². The van der Waals surface area contributed by atoms with Crippen LogP contribution in [0, 0.1) is 5.82 Å². The molecule has 0 saturated carbocycles. The summed E-state index contributed by atoms with van der Waals surface area (Å²) < 4.78 is 18.4. The lowest BCUT2D eigenvalue weighted by Crippen LogP contribution is -2.33. The maximum absolute atomic E-state index is 12.9. The predicted octanol–water partition coefficient (Wildman–Crippen LogP) is 3.33. The van der Waals surface area contributed by atoms with E-state index in [1.807, 2.05) is 31.2 Å². The third-order valence-corrected chi connectivity index (χ3v) is 3.51. The van der Waals surface area contributed by atoms with Crippen LogP contribution in [0.4, 0.5) is 10.1 Å². The molecule has 0 spiro atoms. The lowest BCUT2D eigenvalue weighted by molar-refractivity contribution is -0.129. The Labute approximate surface area is 152 Å². The predicted molar refractivity (Wildman–Crippen MR) is 99.3 cm³/mol. The van der Waals surface area contributed by atoms with E-state index in [-0.39, 0.29) is 24.2 Å². The average Bonchev–Trinajstić information content (AvgIpc) is 2.62. The third kappa shape index (κ3) is 5.73. The lowest BCUT2D eigenvalue weighted by Gasteiger charge is -2.15. The highest BCUT2D eigenvalue weighted by Gasteiger charge is 2.11. The van der Waals surface area contributed by atoms with Crippen molar-refractivity contribution in [3.63, 3.8) is 0 Å². The number of likely N-dealkylation sites (N-methyl/N-ethyl adjacent to an activating group) is 1. The van der Waals surface area contributed by atoms with Gasteiger partial charge in [-0.3, -0.25) is 9.59 Å². The summed E-state index contributed by atoms with van der Waals surface area (Å²) in [6.07, 6.45) is 3.05. The first-order chi connectivity index (χ1) is 12.5. The number of amides is 2. The van der Waals surface area contributed by atoms with Gasteiger partial charge in [-0.25, -0.2) is 4.39 Å². The van der Waals surface area contributed by atoms with Crippen LogP contribution in [0.25, 0.3) is 6.08 Å². The van der Waals surface area contributed by atoms with Crippen molar-refractivity contribution in [1.29, 1.82) is 0 Å². The summed E-state index contributed by atoms with van der Waals surface area (Å²) >= 11 is 0. The fourth-order valence-electron chi connectivity index (χ4n) is 2.22. The number of benzene rings is 2. The van der Waals surface area contributed by atoms with Gasteiger partial charge in [0.25, 0.3) is 0 Å². The number of ether oxygens (including phenoxy) is 1. The van der Waals surface area contributed by atoms with E-state index in [1.165, 1.54) is 42.3 Å². The molecule has 1 N–H and O–H groups in total. The van der Waals surface area contributed by atoms with Crippen LogP contribution in [-0.4, -0.2) is 36.9 Å². The maximum Gasteiger partial charge on any atom is 0.246 e. The summed E-state index contributed by atoms with van der Waals surface area (Å²) in [6, 6.07) is 12.8. The van der Waals surface area contributed by atoms with E-state index in [9.17, 15) is 14.0 Å². The fourth-order valence-corrected chi connectivity index (χ4v) is 2.22. The minimum atomic E-state index is -0.382. The molecule has 0 radical (unpaired) electrons. The van der Waals surface area contributed by atoms with Gasteiger partial charge in [-0.05, 0) is 43.3 Å². The Morgan fingerprint density at radius 3 is 2.54 bits per heavy atom. The Kier molecular flexibility index (Phi) is 6.91. The molecule has 0 fully saturated rings. The zero-order valence-electron chi connectivity index (χ0n) is 14.7. The first kappa shape index (κ1) is 19.2. The molecule has 0 aromatic heterocycles. The van der Waals surface area contributed by atoms with Crippen molar-refractivity contribution in [3.05, 3.63) is 66.0 Å². The summed E-state index contributed by atoms with van der Waals surface area (Å²) in [6.45, 7) is 2.30. The van der Waals surface area contributed by atoms with E-state index in [4.69, 9.17) is 4.74 Å². The van der Waals surface area contributed by atoms with Crippen LogP contribution in [0.5, 0.6) is 5.75 Å². The summed E-state index contributed by atoms with van der Waals surface area (Å²) in [4.78, 5) is 25.5. The van der Waals surface area contributed by atoms with Crippen LogP contribution < -0.4 is 10.1 Å². The molecule has 2 rings (SSSR count). The van der Waals surface area contributed by atoms with Gasteiger partial charge in [0.05, 0.1) is 13.2 Å². The maximum atomic E-state index is 12.9. The number of carbonyl (C=O) groups is 2. The van der Waals surface area contributed by atoms with Crippen molar-refractivity contribution in [2.24, 2.45) is 0 Å². The normalized spacial score (nSPS) is 10.6. The van der Waals surface area contributed by atoms with Gasteiger partial charge in [-0.1, -0.05) is 18.2 Å². The largest absolute Gasteiger partial charge is 0.493 e. The second kappa shape index (κ2) is 9.36. The highest BCUT2D eigenvalue weighted by atomic mass is 19.1. The number of carbonyl (C=O) groups excluding carboxylic acids is 2. The number of nitrogens with zero attached hydrogens (tertiary/aromatic N) is 1. The summed E-state index contributed by atoms with van der Waals surface area (Å²) in [5.41, 5.74) is 1.25. The number of anilines is 1. The number of hydrogen-bond acceptors (Lipinski definition) is 3. The molecule has 2 amide bonds. The van der Waals surface area contributed by atoms with Crippen molar-refractivity contribution in [1.82, 2.24) is 4.90 Å². The molecule has 6 heteroatoms. The molecule has 0 bridgehead atoms. The zero-order valence-corrected chi connectivity index (χ0v) is 14.7. The fraction of sp³-hybridized carbons (Fsp3) is 0.200. The van der Waals surface area contributed by atoms with Crippen molar-refractivity contribution in [2.45, 2.75) is 6.92 Å². The van der Waals surface area contributed by atoms with Crippen LogP contribution >= 0.6 is 0 Å². The molecule has 0 unspecified atom stereocenters. The van der Waals surface area contributed by atoms with Gasteiger partial charge < -0.3 is 15.0 Å². The van der Waals surface area contributed by atoms with Crippen molar-refractivity contribution in [3.8, 4) is 5.75 Å². The van der Waals surface area contributed by atoms with Crippen LogP contribution in [0.2, 0.25) is 0 Å². The summed E-state index contributed by atoms with van der Waals surface area (Å²) in [5, 5.41) is 2.61. The van der Waals surface area contributed by atoms with Gasteiger partial charge in [0.1, 0.15) is 11.6 Å². The molecular formula is C20H21FN2O3. The van der Waals surface area contributed by atoms with E-state index in [0.29, 0.717) is 18.0 Å². The smallest absolute Gasteiger partial charge is 0.246 e. The quantitative estimate of drug-likeness (QED) is 0.774. The van der Waals surface area contributed by atoms with Crippen LogP contribution in [-0.2, 0) is 9.59 Å². The Bertz CT molecular complexity index is 788. The van der Waals surface area contributed by atoms with E-state index in [0.717, 1.165) is 5.56 Å². The Morgan fingerprint density at radius 1 is 1.15 bits per heavy atom. The number of rotatable bonds is 7. The summed E-state index contributed by atoms with van der Waals surface area (Å²) in [7, 11) is 1.53. The monoisotopic (exact) mass is 356 g/mol. The van der Waals surface area contributed by atoms with E-state index >= 15 is 0 Å². The molecule has 0 aliphatic carbocycles. The first-order valence-corrected chi connectivity index (χ1v) is 8.20. The van der Waals surface area contributed by atoms with E-state index in [1.54, 1.807) is 6.08 Å². The van der Waals surface area contributed by atoms with Crippen LogP contribution in [0.1, 0.15) is 12.5 Å². The second-order valence-corrected chi connectivity index (χ2v) is 5.55. The molecule has 2 aromatic carbocycles. The molecule has 5 nitrogen and oxygen atoms in total. The van der Waals surface area contributed by atoms with E-state index < -0.39 is 0 Å². The molecule has 0 atom stereocenters. The molecule has 2 aromatic rings. The summed E-state index contributed by atoms with van der Waals surface area (Å²) in [5.74, 6) is -0.371. The lowest BCUT2D eigenvalue weighted by atomic mass is 10.2. The molecule has 0 saturated heterocycles. The van der Waals surface area contributed by atoms with Gasteiger partial charge in [0, 0.05) is 24.4 Å². The third-order valence-electron chi connectivity index (χ3n) is 3.51. The van der Waals surface area contributed by atoms with Crippen LogP contribution in [0.3, 0.4) is 0 Å². The highest BCUT2D eigenvalue weighted by molar-refractivity contribution is 5.98. The standard InChI is InChI=1S/C20H21FN2O3/c1-3-26-18-7-5-4-6-15(18)8-13-20(25)23(2)14-19(24)22-17-11-9-16(21)10-12-17/h4-13H,3,14H2,1-2H3,(H,22,24)/b13-8+. The Hall–Kier alpha value is -3.15. The van der Waals surface area contributed by atoms with Crippen LogP contribution in [0.15, 0.2) is 54.6 Å². The van der Waals surface area contributed by atoms with Crippen molar-refractivity contribution >= 4 is 23.6 Å². The molecule has 136 valence electrons. The topological polar surface area (TPSA) is 58.6 Å². The van der Waals surface area contributed by atoms with Gasteiger partial charge >= 0.3 is 0 Å². The minimum Gasteiger partial charge on any atom is -0.493 e. The molecule has 0 heterocycles. The van der Waals surface area contributed by atoms with Gasteiger partial charge in [0.15, 0.2) is 0 Å². The molecule has 0 aliphatic heterocycles. The second-order valence-electron chi connectivity index (χ2n) is 5.55. The average molecular weight is 356 g/mol. The number of hydrogen-bond donors (Lipinski definition) is 1. The number of nitrogens with one attached hydrogen (secondary N) is 1. The Morgan fingerprint density at radius 2 is 1.85 bits per heavy atom. The van der Waals surface area contributed by atoms with E-state index in [2.05, 4.69) is 5.32 Å². The van der Waals surface area contributed by atoms with Gasteiger partial charge in [-0.2, -0.15) is 0 Å². The Balaban J connectivity index is 1.92. The van der Waals surface area contributed by atoms with Crippen molar-refractivity contribution in [2.75, 3.05) is 25.5 Å². The first-order valence-electron chi connectivity index (χ1n) is 8.20. The highest BCUT2D eigenvalue weighted by Crippen LogP contribution is 2.19. The number of para-hydroxylation sites is 1. The number of halogens is 1. The SMILES string of the molecule is CCOc1ccccc1/C=C/C(=O)N(C)CC(=O)Nc1ccc(F)cc1. The minimum absolute atomic E-state index is 0.117. The molecule has 26 heavy (non-hydrogen) atoms. The van der Waals surface area contributed by atoms with Gasteiger partial charge in [0.2, 0.25) is 11.8 Å². The van der Waals surface area contributed by atoms with Crippen molar-refractivity contribution < 1.29 is 18.7 Å². The zero-order chi connectivity index (χ0) is 18.9. The molecule has 0 aliphatic rings. The molecular weight excluding hydrogens is 335 g/mol.